The Morgan fingerprint density at radius 2 is 1.07 bits per heavy atom. The van der Waals surface area contributed by atoms with Crippen molar-refractivity contribution in [2.75, 3.05) is 0 Å². The molecule has 0 spiro atoms. The predicted octanol–water partition coefficient (Wildman–Crippen LogP) is 0.0892. The van der Waals surface area contributed by atoms with E-state index < -0.39 is 13.3 Å². The summed E-state index contributed by atoms with van der Waals surface area (Å²) in [6.07, 6.45) is 10.7. The molecule has 0 atom stereocenters. The van der Waals surface area contributed by atoms with E-state index in [9.17, 15) is 0 Å². The van der Waals surface area contributed by atoms with Crippen molar-refractivity contribution in [1.82, 2.24) is 19.9 Å². The molecule has 0 aliphatic carbocycles. The summed E-state index contributed by atoms with van der Waals surface area (Å²) in [6.45, 7) is 0. The Labute approximate surface area is 91.2 Å². The van der Waals surface area contributed by atoms with E-state index in [2.05, 4.69) is 31.4 Å². The van der Waals surface area contributed by atoms with Crippen molar-refractivity contribution >= 4 is 22.1 Å². The van der Waals surface area contributed by atoms with Gasteiger partial charge in [0.25, 0.3) is 0 Å². The van der Waals surface area contributed by atoms with Crippen LogP contribution in [-0.4, -0.2) is 33.2 Å². The van der Waals surface area contributed by atoms with Crippen molar-refractivity contribution in [2.45, 2.75) is 11.5 Å². The van der Waals surface area contributed by atoms with Gasteiger partial charge in [-0.1, -0.05) is 0 Å². The van der Waals surface area contributed by atoms with Gasteiger partial charge in [-0.3, -0.25) is 0 Å². The molecule has 0 aliphatic heterocycles. The Morgan fingerprint density at radius 1 is 0.733 bits per heavy atom. The van der Waals surface area contributed by atoms with Gasteiger partial charge in [0.05, 0.1) is 0 Å². The Bertz CT molecular complexity index is 388. The maximum atomic E-state index is 4.07. The first kappa shape index (κ1) is 10.2. The summed E-state index contributed by atoms with van der Waals surface area (Å²) in [5.74, 6) is 4.58. The van der Waals surface area contributed by atoms with Gasteiger partial charge in [0.1, 0.15) is 0 Å². The topological polar surface area (TPSA) is 51.6 Å². The Kier molecular flexibility index (Phi) is 2.77. The van der Waals surface area contributed by atoms with Crippen molar-refractivity contribution in [3.8, 4) is 0 Å². The first-order valence-electron chi connectivity index (χ1n) is 4.72. The molecule has 2 aromatic heterocycles. The molecule has 0 radical (unpaired) electrons. The van der Waals surface area contributed by atoms with Crippen molar-refractivity contribution in [3.05, 3.63) is 37.4 Å². The number of hydrogen-bond donors (Lipinski definition) is 0. The molecule has 0 saturated carbocycles. The molecule has 76 valence electrons. The second kappa shape index (κ2) is 4.06. The third kappa shape index (κ3) is 2.04. The van der Waals surface area contributed by atoms with Crippen LogP contribution in [0.25, 0.3) is 0 Å². The summed E-state index contributed by atoms with van der Waals surface area (Å²) >= 11 is -2.24. The second-order valence-electron chi connectivity index (χ2n) is 3.88. The van der Waals surface area contributed by atoms with Crippen LogP contribution in [0, 0.1) is 0 Å². The van der Waals surface area contributed by atoms with E-state index in [1.165, 1.54) is 8.79 Å². The van der Waals surface area contributed by atoms with Crippen LogP contribution in [0.15, 0.2) is 37.4 Å². The van der Waals surface area contributed by atoms with Crippen LogP contribution in [0.2, 0.25) is 11.5 Å². The van der Waals surface area contributed by atoms with E-state index in [-0.39, 0.29) is 0 Å². The van der Waals surface area contributed by atoms with Crippen molar-refractivity contribution in [1.29, 1.82) is 0 Å². The molecular weight excluding hydrogens is 249 g/mol. The quantitative estimate of drug-likeness (QED) is 0.719. The third-order valence-electron chi connectivity index (χ3n) is 2.56. The van der Waals surface area contributed by atoms with Gasteiger partial charge in [0.2, 0.25) is 0 Å². The average Bonchev–Trinajstić information content (AvgIpc) is 2.31. The zero-order valence-corrected chi connectivity index (χ0v) is 10.9. The van der Waals surface area contributed by atoms with Gasteiger partial charge >= 0.3 is 90.9 Å². The molecule has 0 amide bonds. The molecule has 2 heterocycles. The minimum atomic E-state index is -2.24. The molecule has 0 aromatic carbocycles. The molecule has 5 heteroatoms. The van der Waals surface area contributed by atoms with E-state index in [1.54, 1.807) is 12.7 Å². The molecule has 15 heavy (non-hydrogen) atoms. The molecule has 0 unspecified atom stereocenters. The Hall–Kier alpha value is -1.30. The Morgan fingerprint density at radius 3 is 1.40 bits per heavy atom. The summed E-state index contributed by atoms with van der Waals surface area (Å²) in [5, 5.41) is 0. The van der Waals surface area contributed by atoms with E-state index in [0.29, 0.717) is 0 Å². The van der Waals surface area contributed by atoms with Crippen molar-refractivity contribution in [2.24, 2.45) is 0 Å². The van der Waals surface area contributed by atoms with Crippen LogP contribution >= 0.6 is 0 Å². The Balaban J connectivity index is 2.44. The van der Waals surface area contributed by atoms with Gasteiger partial charge in [-0.25, -0.2) is 0 Å². The maximum absolute atomic E-state index is 4.07. The first-order valence-corrected chi connectivity index (χ1v) is 11.0. The molecule has 0 bridgehead atoms. The van der Waals surface area contributed by atoms with Crippen molar-refractivity contribution < 1.29 is 0 Å². The molecule has 4 nitrogen and oxygen atoms in total. The van der Waals surface area contributed by atoms with Crippen LogP contribution in [-0.2, 0) is 0 Å². The minimum absolute atomic E-state index is 1.24. The molecule has 2 rings (SSSR count). The molecule has 0 aliphatic rings. The third-order valence-corrected chi connectivity index (χ3v) is 9.70. The normalized spacial score (nSPS) is 11.3. The first-order chi connectivity index (χ1) is 7.21. The van der Waals surface area contributed by atoms with E-state index in [1.807, 2.05) is 24.8 Å². The summed E-state index contributed by atoms with van der Waals surface area (Å²) in [6, 6.07) is 0. The van der Waals surface area contributed by atoms with Gasteiger partial charge in [-0.05, 0) is 0 Å². The van der Waals surface area contributed by atoms with Crippen LogP contribution < -0.4 is 8.79 Å². The van der Waals surface area contributed by atoms with Gasteiger partial charge < -0.3 is 0 Å². The number of nitrogens with zero attached hydrogens (tertiary/aromatic N) is 4. The monoisotopic (exact) mass is 262 g/mol. The molecule has 2 aromatic rings. The zero-order chi connectivity index (χ0) is 10.7. The second-order valence-corrected chi connectivity index (χ2v) is 13.1. The molecule has 0 fully saturated rings. The number of aromatic nitrogens is 4. The van der Waals surface area contributed by atoms with Gasteiger partial charge in [-0.2, -0.15) is 0 Å². The number of hydrogen-bond acceptors (Lipinski definition) is 4. The fraction of sp³-hybridized carbons (Fsp3) is 0.200. The standard InChI is InChI=1S/C10H12GeN4/c1-11(2,9-3-12-7-13-4-9)10-5-14-8-15-6-10/h3-8H,1-2H3. The summed E-state index contributed by atoms with van der Waals surface area (Å²) in [5.41, 5.74) is 0. The van der Waals surface area contributed by atoms with E-state index >= 15 is 0 Å². The van der Waals surface area contributed by atoms with Gasteiger partial charge in [0, 0.05) is 0 Å². The van der Waals surface area contributed by atoms with Crippen LogP contribution in [0.4, 0.5) is 0 Å². The van der Waals surface area contributed by atoms with Crippen LogP contribution in [0.5, 0.6) is 0 Å². The molecular formula is C10H12GeN4. The molecule has 0 saturated heterocycles. The molecule has 0 N–H and O–H groups in total. The summed E-state index contributed by atoms with van der Waals surface area (Å²) in [4.78, 5) is 16.3. The van der Waals surface area contributed by atoms with Crippen molar-refractivity contribution in [3.63, 3.8) is 0 Å². The van der Waals surface area contributed by atoms with E-state index in [4.69, 9.17) is 0 Å². The summed E-state index contributed by atoms with van der Waals surface area (Å²) in [7, 11) is 0. The van der Waals surface area contributed by atoms with E-state index in [0.717, 1.165) is 0 Å². The average molecular weight is 261 g/mol. The summed E-state index contributed by atoms with van der Waals surface area (Å²) < 4.78 is 2.49. The van der Waals surface area contributed by atoms with Gasteiger partial charge in [-0.15, -0.1) is 0 Å². The number of rotatable bonds is 2. The van der Waals surface area contributed by atoms with Gasteiger partial charge in [0.15, 0.2) is 0 Å². The van der Waals surface area contributed by atoms with Crippen LogP contribution in [0.1, 0.15) is 0 Å². The predicted molar refractivity (Wildman–Crippen MR) is 60.8 cm³/mol. The fourth-order valence-corrected chi connectivity index (χ4v) is 5.44. The zero-order valence-electron chi connectivity index (χ0n) is 8.75. The SMILES string of the molecule is [CH3][Ge]([CH3])([c]1cncnc1)[c]1cncnc1. The van der Waals surface area contributed by atoms with Crippen LogP contribution in [0.3, 0.4) is 0 Å². The fourth-order valence-electron chi connectivity index (χ4n) is 1.41.